The first-order chi connectivity index (χ1) is 13.2. The molecule has 0 aromatic heterocycles. The van der Waals surface area contributed by atoms with Crippen molar-refractivity contribution in [1.82, 2.24) is 10.6 Å². The SMILES string of the molecule is COc1ccc(C(C(=O)NCC(=O)NC2CCCCC2)C2CCCC2)cc1. The summed E-state index contributed by atoms with van der Waals surface area (Å²) in [5.74, 6) is 0.831. The van der Waals surface area contributed by atoms with E-state index >= 15 is 0 Å². The summed E-state index contributed by atoms with van der Waals surface area (Å²) in [6.07, 6.45) is 10.2. The minimum absolute atomic E-state index is 0.0362. The summed E-state index contributed by atoms with van der Waals surface area (Å²) in [6.45, 7) is 0.0642. The smallest absolute Gasteiger partial charge is 0.239 e. The molecule has 1 atom stereocenters. The van der Waals surface area contributed by atoms with E-state index in [9.17, 15) is 9.59 Å². The Morgan fingerprint density at radius 2 is 1.63 bits per heavy atom. The van der Waals surface area contributed by atoms with Crippen molar-refractivity contribution in [3.63, 3.8) is 0 Å². The molecule has 3 rings (SSSR count). The van der Waals surface area contributed by atoms with E-state index in [-0.39, 0.29) is 30.3 Å². The molecule has 1 aromatic carbocycles. The minimum Gasteiger partial charge on any atom is -0.497 e. The van der Waals surface area contributed by atoms with Crippen LogP contribution < -0.4 is 15.4 Å². The minimum atomic E-state index is -0.194. The highest BCUT2D eigenvalue weighted by molar-refractivity contribution is 5.88. The van der Waals surface area contributed by atoms with Crippen molar-refractivity contribution in [3.05, 3.63) is 29.8 Å². The third-order valence-corrected chi connectivity index (χ3v) is 6.02. The molecule has 148 valence electrons. The highest BCUT2D eigenvalue weighted by Gasteiger charge is 2.32. The van der Waals surface area contributed by atoms with Gasteiger partial charge < -0.3 is 15.4 Å². The van der Waals surface area contributed by atoms with Gasteiger partial charge in [-0.2, -0.15) is 0 Å². The molecule has 0 heterocycles. The first-order valence-corrected chi connectivity index (χ1v) is 10.4. The molecule has 1 unspecified atom stereocenters. The molecule has 0 aliphatic heterocycles. The maximum Gasteiger partial charge on any atom is 0.239 e. The summed E-state index contributed by atoms with van der Waals surface area (Å²) < 4.78 is 5.23. The summed E-state index contributed by atoms with van der Waals surface area (Å²) in [5.41, 5.74) is 1.01. The molecule has 5 heteroatoms. The zero-order valence-electron chi connectivity index (χ0n) is 16.3. The lowest BCUT2D eigenvalue weighted by Gasteiger charge is -2.25. The normalized spacial score (nSPS) is 19.4. The highest BCUT2D eigenvalue weighted by atomic mass is 16.5. The first-order valence-electron chi connectivity index (χ1n) is 10.4. The van der Waals surface area contributed by atoms with Crippen molar-refractivity contribution >= 4 is 11.8 Å². The molecule has 0 bridgehead atoms. The molecule has 2 saturated carbocycles. The zero-order valence-corrected chi connectivity index (χ0v) is 16.3. The molecular weight excluding hydrogens is 340 g/mol. The maximum atomic E-state index is 13.0. The van der Waals surface area contributed by atoms with Gasteiger partial charge in [0.1, 0.15) is 5.75 Å². The van der Waals surface area contributed by atoms with E-state index in [1.54, 1.807) is 7.11 Å². The molecule has 2 N–H and O–H groups in total. The van der Waals surface area contributed by atoms with Gasteiger partial charge in [0.25, 0.3) is 0 Å². The van der Waals surface area contributed by atoms with Gasteiger partial charge in [0.15, 0.2) is 0 Å². The molecule has 0 spiro atoms. The van der Waals surface area contributed by atoms with Crippen molar-refractivity contribution in [3.8, 4) is 5.75 Å². The molecule has 2 fully saturated rings. The van der Waals surface area contributed by atoms with Crippen LogP contribution in [0.15, 0.2) is 24.3 Å². The van der Waals surface area contributed by atoms with Crippen LogP contribution in [-0.2, 0) is 9.59 Å². The third kappa shape index (κ3) is 5.47. The molecule has 27 heavy (non-hydrogen) atoms. The molecule has 2 amide bonds. The predicted molar refractivity (Wildman–Crippen MR) is 106 cm³/mol. The van der Waals surface area contributed by atoms with Gasteiger partial charge >= 0.3 is 0 Å². The first kappa shape index (κ1) is 19.7. The topological polar surface area (TPSA) is 67.4 Å². The summed E-state index contributed by atoms with van der Waals surface area (Å²) in [7, 11) is 1.64. The maximum absolute atomic E-state index is 13.0. The van der Waals surface area contributed by atoms with Crippen molar-refractivity contribution in [2.75, 3.05) is 13.7 Å². The number of ether oxygens (including phenoxy) is 1. The standard InChI is InChI=1S/C22H32N2O3/c1-27-19-13-11-17(12-14-19)21(16-7-5-6-8-16)22(26)23-15-20(25)24-18-9-3-2-4-10-18/h11-14,16,18,21H,2-10,15H2,1H3,(H,23,26)(H,24,25). The average Bonchev–Trinajstić information content (AvgIpc) is 3.22. The van der Waals surface area contributed by atoms with E-state index < -0.39 is 0 Å². The van der Waals surface area contributed by atoms with Crippen molar-refractivity contribution < 1.29 is 14.3 Å². The van der Waals surface area contributed by atoms with Crippen molar-refractivity contribution in [2.24, 2.45) is 5.92 Å². The van der Waals surface area contributed by atoms with Gasteiger partial charge in [0, 0.05) is 6.04 Å². The summed E-state index contributed by atoms with van der Waals surface area (Å²) in [4.78, 5) is 25.2. The van der Waals surface area contributed by atoms with Gasteiger partial charge in [-0.25, -0.2) is 0 Å². The van der Waals surface area contributed by atoms with Crippen molar-refractivity contribution in [1.29, 1.82) is 0 Å². The Balaban J connectivity index is 1.59. The van der Waals surface area contributed by atoms with Crippen LogP contribution in [0.5, 0.6) is 5.75 Å². The van der Waals surface area contributed by atoms with Crippen LogP contribution in [0.3, 0.4) is 0 Å². The van der Waals surface area contributed by atoms with E-state index in [4.69, 9.17) is 4.74 Å². The number of hydrogen-bond acceptors (Lipinski definition) is 3. The summed E-state index contributed by atoms with van der Waals surface area (Å²) in [6, 6.07) is 8.03. The van der Waals surface area contributed by atoms with Crippen LogP contribution in [0, 0.1) is 5.92 Å². The molecule has 0 saturated heterocycles. The van der Waals surface area contributed by atoms with Gasteiger partial charge in [-0.05, 0) is 49.3 Å². The number of benzene rings is 1. The van der Waals surface area contributed by atoms with Gasteiger partial charge in [0.2, 0.25) is 11.8 Å². The Morgan fingerprint density at radius 3 is 2.26 bits per heavy atom. The molecule has 1 aromatic rings. The van der Waals surface area contributed by atoms with Crippen LogP contribution in [0.2, 0.25) is 0 Å². The largest absolute Gasteiger partial charge is 0.497 e. The predicted octanol–water partition coefficient (Wildman–Crippen LogP) is 3.53. The monoisotopic (exact) mass is 372 g/mol. The lowest BCUT2D eigenvalue weighted by Crippen LogP contribution is -2.44. The second-order valence-electron chi connectivity index (χ2n) is 7.92. The lowest BCUT2D eigenvalue weighted by molar-refractivity contribution is -0.128. The van der Waals surface area contributed by atoms with Crippen LogP contribution >= 0.6 is 0 Å². The number of amides is 2. The summed E-state index contributed by atoms with van der Waals surface area (Å²) >= 11 is 0. The average molecular weight is 373 g/mol. The number of nitrogens with one attached hydrogen (secondary N) is 2. The Labute approximate surface area is 162 Å². The van der Waals surface area contributed by atoms with Crippen LogP contribution in [0.25, 0.3) is 0 Å². The highest BCUT2D eigenvalue weighted by Crippen LogP contribution is 2.38. The Morgan fingerprint density at radius 1 is 1.00 bits per heavy atom. The Kier molecular flexibility index (Phi) is 7.13. The second kappa shape index (κ2) is 9.77. The van der Waals surface area contributed by atoms with Gasteiger partial charge in [-0.15, -0.1) is 0 Å². The quantitative estimate of drug-likeness (QED) is 0.769. The van der Waals surface area contributed by atoms with Crippen LogP contribution in [0.1, 0.15) is 69.3 Å². The van der Waals surface area contributed by atoms with E-state index in [2.05, 4.69) is 10.6 Å². The zero-order chi connectivity index (χ0) is 19.1. The Bertz CT molecular complexity index is 617. The fraction of sp³-hybridized carbons (Fsp3) is 0.636. The number of methoxy groups -OCH3 is 1. The molecule has 2 aliphatic rings. The van der Waals surface area contributed by atoms with Gasteiger partial charge in [-0.1, -0.05) is 44.2 Å². The number of carbonyl (C=O) groups is 2. The lowest BCUT2D eigenvalue weighted by atomic mass is 9.84. The van der Waals surface area contributed by atoms with Gasteiger partial charge in [0.05, 0.1) is 19.6 Å². The molecule has 5 nitrogen and oxygen atoms in total. The van der Waals surface area contributed by atoms with Gasteiger partial charge in [-0.3, -0.25) is 9.59 Å². The number of rotatable bonds is 7. The number of carbonyl (C=O) groups excluding carboxylic acids is 2. The van der Waals surface area contributed by atoms with Crippen LogP contribution in [-0.4, -0.2) is 31.5 Å². The van der Waals surface area contributed by atoms with Crippen LogP contribution in [0.4, 0.5) is 0 Å². The Hall–Kier alpha value is -2.04. The molecular formula is C22H32N2O3. The number of hydrogen-bond donors (Lipinski definition) is 2. The van der Waals surface area contributed by atoms with E-state index in [1.807, 2.05) is 24.3 Å². The molecule has 0 radical (unpaired) electrons. The third-order valence-electron chi connectivity index (χ3n) is 6.02. The van der Waals surface area contributed by atoms with E-state index in [0.717, 1.165) is 37.0 Å². The molecule has 2 aliphatic carbocycles. The van der Waals surface area contributed by atoms with E-state index in [0.29, 0.717) is 5.92 Å². The fourth-order valence-electron chi connectivity index (χ4n) is 4.54. The second-order valence-corrected chi connectivity index (χ2v) is 7.92. The van der Waals surface area contributed by atoms with Crippen molar-refractivity contribution in [2.45, 2.75) is 69.7 Å². The van der Waals surface area contributed by atoms with E-state index in [1.165, 1.54) is 32.1 Å². The summed E-state index contributed by atoms with van der Waals surface area (Å²) in [5, 5.41) is 5.96. The fourth-order valence-corrected chi connectivity index (χ4v) is 4.54.